The molecule has 0 bridgehead atoms. The fourth-order valence-electron chi connectivity index (χ4n) is 0.995. The van der Waals surface area contributed by atoms with Crippen molar-refractivity contribution in [3.63, 3.8) is 0 Å². The Hall–Kier alpha value is -0.940. The fraction of sp³-hybridized carbons (Fsp3) is 0.750. The minimum Gasteiger partial charge on any atom is -0.388 e. The van der Waals surface area contributed by atoms with Crippen LogP contribution in [0.5, 0.6) is 0 Å². The minimum absolute atomic E-state index is 0.0756. The van der Waals surface area contributed by atoms with Gasteiger partial charge in [-0.25, -0.2) is 9.67 Å². The Morgan fingerprint density at radius 2 is 2.38 bits per heavy atom. The summed E-state index contributed by atoms with van der Waals surface area (Å²) in [7, 11) is 0. The van der Waals surface area contributed by atoms with Crippen LogP contribution in [0.4, 0.5) is 0 Å². The van der Waals surface area contributed by atoms with Crippen molar-refractivity contribution in [3.8, 4) is 0 Å². The lowest BCUT2D eigenvalue weighted by Crippen LogP contribution is -2.11. The second-order valence-corrected chi connectivity index (χ2v) is 2.67. The van der Waals surface area contributed by atoms with Gasteiger partial charge in [0.1, 0.15) is 12.9 Å². The summed E-state index contributed by atoms with van der Waals surface area (Å²) in [6.07, 6.45) is 2.45. The highest BCUT2D eigenvalue weighted by Gasteiger charge is 2.00. The van der Waals surface area contributed by atoms with Crippen LogP contribution in [0, 0.1) is 0 Å². The first-order valence-electron chi connectivity index (χ1n) is 4.43. The molecule has 1 N–H and O–H groups in total. The molecule has 0 unspecified atom stereocenters. The predicted octanol–water partition coefficient (Wildman–Crippen LogP) is 0.197. The van der Waals surface area contributed by atoms with Crippen molar-refractivity contribution in [2.45, 2.75) is 26.5 Å². The van der Waals surface area contributed by atoms with Crippen LogP contribution in [0.15, 0.2) is 6.33 Å². The van der Waals surface area contributed by atoms with Gasteiger partial charge in [-0.1, -0.05) is 6.92 Å². The summed E-state index contributed by atoms with van der Waals surface area (Å²) in [5.41, 5.74) is 0. The Labute approximate surface area is 77.4 Å². The summed E-state index contributed by atoms with van der Waals surface area (Å²) in [5.74, 6) is 0.583. The molecule has 0 aliphatic heterocycles. The number of hydrogen-bond acceptors (Lipinski definition) is 4. The van der Waals surface area contributed by atoms with Gasteiger partial charge in [-0.3, -0.25) is 0 Å². The van der Waals surface area contributed by atoms with Crippen LogP contribution in [0.25, 0.3) is 0 Å². The van der Waals surface area contributed by atoms with Crippen LogP contribution in [-0.2, 0) is 17.9 Å². The van der Waals surface area contributed by atoms with E-state index in [0.717, 1.165) is 13.0 Å². The Morgan fingerprint density at radius 3 is 3.08 bits per heavy atom. The Morgan fingerprint density at radius 1 is 1.54 bits per heavy atom. The summed E-state index contributed by atoms with van der Waals surface area (Å²) in [4.78, 5) is 3.88. The van der Waals surface area contributed by atoms with E-state index in [2.05, 4.69) is 17.0 Å². The van der Waals surface area contributed by atoms with Crippen molar-refractivity contribution in [1.29, 1.82) is 0 Å². The van der Waals surface area contributed by atoms with Gasteiger partial charge < -0.3 is 9.84 Å². The van der Waals surface area contributed by atoms with E-state index in [-0.39, 0.29) is 6.61 Å². The van der Waals surface area contributed by atoms with Crippen LogP contribution in [0.2, 0.25) is 0 Å². The van der Waals surface area contributed by atoms with Crippen LogP contribution < -0.4 is 0 Å². The van der Waals surface area contributed by atoms with Gasteiger partial charge in [0, 0.05) is 6.61 Å². The standard InChI is InChI=1S/C8H15N3O2/c1-2-4-13-5-3-11-8(6-12)9-7-10-11/h7,12H,2-6H2,1H3. The summed E-state index contributed by atoms with van der Waals surface area (Å²) in [6.45, 7) is 4.02. The summed E-state index contributed by atoms with van der Waals surface area (Å²) in [6, 6.07) is 0. The normalized spacial score (nSPS) is 10.6. The van der Waals surface area contributed by atoms with E-state index in [1.807, 2.05) is 0 Å². The first-order valence-corrected chi connectivity index (χ1v) is 4.43. The first kappa shape index (κ1) is 10.1. The van der Waals surface area contributed by atoms with Crippen LogP contribution >= 0.6 is 0 Å². The molecule has 0 saturated heterocycles. The number of ether oxygens (including phenoxy) is 1. The van der Waals surface area contributed by atoms with Crippen molar-refractivity contribution in [1.82, 2.24) is 14.8 Å². The zero-order chi connectivity index (χ0) is 9.52. The molecule has 13 heavy (non-hydrogen) atoms. The molecule has 0 saturated carbocycles. The Kier molecular flexibility index (Phi) is 4.42. The summed E-state index contributed by atoms with van der Waals surface area (Å²) < 4.78 is 6.93. The van der Waals surface area contributed by atoms with Crippen molar-refractivity contribution in [2.75, 3.05) is 13.2 Å². The highest BCUT2D eigenvalue weighted by atomic mass is 16.5. The van der Waals surface area contributed by atoms with Gasteiger partial charge in [0.05, 0.1) is 13.2 Å². The number of aliphatic hydroxyl groups is 1. The van der Waals surface area contributed by atoms with E-state index < -0.39 is 0 Å². The largest absolute Gasteiger partial charge is 0.388 e. The van der Waals surface area contributed by atoms with E-state index in [0.29, 0.717) is 19.0 Å². The van der Waals surface area contributed by atoms with Crippen molar-refractivity contribution >= 4 is 0 Å². The highest BCUT2D eigenvalue weighted by Crippen LogP contribution is 1.93. The molecular weight excluding hydrogens is 170 g/mol. The third kappa shape index (κ3) is 3.12. The molecule has 1 rings (SSSR count). The number of hydrogen-bond donors (Lipinski definition) is 1. The van der Waals surface area contributed by atoms with Gasteiger partial charge in [-0.15, -0.1) is 0 Å². The van der Waals surface area contributed by atoms with Crippen LogP contribution in [0.3, 0.4) is 0 Å². The van der Waals surface area contributed by atoms with E-state index in [9.17, 15) is 0 Å². The van der Waals surface area contributed by atoms with Gasteiger partial charge in [0.2, 0.25) is 0 Å². The SMILES string of the molecule is CCCOCCn1ncnc1CO. The monoisotopic (exact) mass is 185 g/mol. The zero-order valence-electron chi connectivity index (χ0n) is 7.81. The Balaban J connectivity index is 2.27. The zero-order valence-corrected chi connectivity index (χ0v) is 7.81. The smallest absolute Gasteiger partial charge is 0.152 e. The molecule has 1 aromatic heterocycles. The maximum absolute atomic E-state index is 8.85. The molecule has 0 atom stereocenters. The molecule has 0 aliphatic carbocycles. The molecule has 74 valence electrons. The van der Waals surface area contributed by atoms with Gasteiger partial charge in [-0.05, 0) is 6.42 Å². The molecule has 0 aromatic carbocycles. The minimum atomic E-state index is -0.0756. The van der Waals surface area contributed by atoms with Crippen molar-refractivity contribution in [2.24, 2.45) is 0 Å². The molecule has 1 heterocycles. The number of rotatable bonds is 6. The topological polar surface area (TPSA) is 60.2 Å². The molecule has 5 heteroatoms. The van der Waals surface area contributed by atoms with Crippen molar-refractivity contribution in [3.05, 3.63) is 12.2 Å². The van der Waals surface area contributed by atoms with Gasteiger partial charge in [-0.2, -0.15) is 5.10 Å². The third-order valence-electron chi connectivity index (χ3n) is 1.63. The van der Waals surface area contributed by atoms with Crippen LogP contribution in [0.1, 0.15) is 19.2 Å². The molecule has 0 spiro atoms. The summed E-state index contributed by atoms with van der Waals surface area (Å²) in [5, 5.41) is 12.8. The van der Waals surface area contributed by atoms with Gasteiger partial charge >= 0.3 is 0 Å². The lowest BCUT2D eigenvalue weighted by Gasteiger charge is -2.04. The molecule has 0 amide bonds. The molecular formula is C8H15N3O2. The van der Waals surface area contributed by atoms with E-state index in [1.54, 1.807) is 4.68 Å². The second-order valence-electron chi connectivity index (χ2n) is 2.67. The molecule has 0 fully saturated rings. The maximum Gasteiger partial charge on any atom is 0.152 e. The highest BCUT2D eigenvalue weighted by molar-refractivity contribution is 4.80. The second kappa shape index (κ2) is 5.66. The van der Waals surface area contributed by atoms with E-state index in [1.165, 1.54) is 6.33 Å². The average molecular weight is 185 g/mol. The number of nitrogens with zero attached hydrogens (tertiary/aromatic N) is 3. The summed E-state index contributed by atoms with van der Waals surface area (Å²) >= 11 is 0. The van der Waals surface area contributed by atoms with Crippen LogP contribution in [-0.4, -0.2) is 33.1 Å². The van der Waals surface area contributed by atoms with Crippen molar-refractivity contribution < 1.29 is 9.84 Å². The number of aliphatic hydroxyl groups excluding tert-OH is 1. The van der Waals surface area contributed by atoms with E-state index in [4.69, 9.17) is 9.84 Å². The molecule has 5 nitrogen and oxygen atoms in total. The average Bonchev–Trinajstić information content (AvgIpc) is 2.60. The van der Waals surface area contributed by atoms with Gasteiger partial charge in [0.15, 0.2) is 5.82 Å². The number of aromatic nitrogens is 3. The quantitative estimate of drug-likeness (QED) is 0.643. The third-order valence-corrected chi connectivity index (χ3v) is 1.63. The van der Waals surface area contributed by atoms with Gasteiger partial charge in [0.25, 0.3) is 0 Å². The molecule has 0 aliphatic rings. The maximum atomic E-state index is 8.85. The molecule has 0 radical (unpaired) electrons. The molecule has 1 aromatic rings. The predicted molar refractivity (Wildman–Crippen MR) is 47.1 cm³/mol. The lowest BCUT2D eigenvalue weighted by atomic mass is 10.5. The lowest BCUT2D eigenvalue weighted by molar-refractivity contribution is 0.122. The Bertz CT molecular complexity index is 237. The fourth-order valence-corrected chi connectivity index (χ4v) is 0.995. The first-order chi connectivity index (χ1) is 6.38. The van der Waals surface area contributed by atoms with E-state index >= 15 is 0 Å².